The van der Waals surface area contributed by atoms with Crippen molar-refractivity contribution in [3.63, 3.8) is 0 Å². The Morgan fingerprint density at radius 3 is 1.52 bits per heavy atom. The van der Waals surface area contributed by atoms with Gasteiger partial charge in [-0.2, -0.15) is 0 Å². The molecule has 42 heavy (non-hydrogen) atoms. The molecule has 0 aliphatic heterocycles. The minimum atomic E-state index is -0.840. The van der Waals surface area contributed by atoms with Crippen molar-refractivity contribution in [1.82, 2.24) is 0 Å². The van der Waals surface area contributed by atoms with Gasteiger partial charge in [-0.25, -0.2) is 0 Å². The van der Waals surface area contributed by atoms with E-state index in [1.54, 1.807) is 7.11 Å². The van der Waals surface area contributed by atoms with Crippen LogP contribution in [0.1, 0.15) is 24.3 Å². The monoisotopic (exact) mass is 586 g/mol. The molecule has 0 aromatic heterocycles. The Morgan fingerprint density at radius 2 is 1.05 bits per heavy atom. The van der Waals surface area contributed by atoms with Gasteiger partial charge in [-0.15, -0.1) is 0 Å². The van der Waals surface area contributed by atoms with E-state index in [4.69, 9.17) is 9.47 Å². The van der Waals surface area contributed by atoms with E-state index in [0.717, 1.165) is 24.4 Å². The minimum absolute atomic E-state index is 0.0545. The van der Waals surface area contributed by atoms with E-state index in [9.17, 15) is 0 Å². The lowest BCUT2D eigenvalue weighted by Crippen LogP contribution is -2.34. The van der Waals surface area contributed by atoms with E-state index < -0.39 is 15.8 Å². The fraction of sp³-hybridized carbons (Fsp3) is 0.158. The second-order valence-corrected chi connectivity index (χ2v) is 15.0. The zero-order chi connectivity index (χ0) is 28.7. The first-order valence-electron chi connectivity index (χ1n) is 14.5. The number of ether oxygens (including phenoxy) is 2. The van der Waals surface area contributed by atoms with Crippen molar-refractivity contribution >= 4 is 42.4 Å². The molecule has 0 fully saturated rings. The molecule has 210 valence electrons. The van der Waals surface area contributed by atoms with E-state index in [1.165, 1.54) is 32.1 Å². The lowest BCUT2D eigenvalue weighted by molar-refractivity contribution is 0.250. The summed E-state index contributed by atoms with van der Waals surface area (Å²) >= 11 is 0. The van der Waals surface area contributed by atoms with Gasteiger partial charge in [-0.05, 0) is 67.3 Å². The molecule has 5 aromatic rings. The summed E-state index contributed by atoms with van der Waals surface area (Å²) in [6.45, 7) is 0. The quantitative estimate of drug-likeness (QED) is 0.168. The second kappa shape index (κ2) is 13.5. The van der Waals surface area contributed by atoms with Gasteiger partial charge in [0.25, 0.3) is 0 Å². The molecule has 0 amide bonds. The lowest BCUT2D eigenvalue weighted by atomic mass is 9.86. The Balaban J connectivity index is 1.60. The normalized spacial score (nSPS) is 16.7. The topological polar surface area (TPSA) is 18.5 Å². The molecule has 5 aromatic carbocycles. The standard InChI is InChI=1S/C38H36O2P2/c1-39-33-25-15-27-35(41(29-17-7-3-8-18-29)30-19-9-4-10-20-30)37(33)38-34(40-2)26-16-28-36(38)42(31-21-11-5-12-22-31)32-23-13-6-14-24-32/h3-15,17-27,36,38H,16,28H2,1-2H3/t36-,38?/m1/s1. The van der Waals surface area contributed by atoms with Gasteiger partial charge in [0.1, 0.15) is 5.75 Å². The number of rotatable bonds is 9. The maximum Gasteiger partial charge on any atom is 0.123 e. The van der Waals surface area contributed by atoms with E-state index in [1.807, 2.05) is 7.11 Å². The van der Waals surface area contributed by atoms with E-state index >= 15 is 0 Å². The molecule has 0 spiro atoms. The van der Waals surface area contributed by atoms with Crippen molar-refractivity contribution in [3.05, 3.63) is 157 Å². The molecular formula is C38H36O2P2. The molecule has 2 nitrogen and oxygen atoms in total. The Bertz CT molecular complexity index is 1530. The number of benzene rings is 5. The van der Waals surface area contributed by atoms with Crippen LogP contribution < -0.4 is 31.3 Å². The molecule has 1 aliphatic rings. The molecule has 1 aliphatic carbocycles. The first-order chi connectivity index (χ1) is 20.8. The van der Waals surface area contributed by atoms with Crippen LogP contribution in [0, 0.1) is 0 Å². The van der Waals surface area contributed by atoms with Gasteiger partial charge >= 0.3 is 0 Å². The predicted octanol–water partition coefficient (Wildman–Crippen LogP) is 7.36. The number of hydrogen-bond acceptors (Lipinski definition) is 2. The van der Waals surface area contributed by atoms with E-state index in [-0.39, 0.29) is 5.92 Å². The molecule has 4 heteroatoms. The predicted molar refractivity (Wildman–Crippen MR) is 182 cm³/mol. The fourth-order valence-corrected chi connectivity index (χ4v) is 11.8. The molecule has 0 bridgehead atoms. The van der Waals surface area contributed by atoms with Crippen LogP contribution in [0.15, 0.2) is 151 Å². The number of allylic oxidation sites excluding steroid dienone is 2. The van der Waals surface area contributed by atoms with Crippen LogP contribution >= 0.6 is 15.8 Å². The summed E-state index contributed by atoms with van der Waals surface area (Å²) in [5, 5.41) is 6.79. The van der Waals surface area contributed by atoms with Gasteiger partial charge in [0.15, 0.2) is 0 Å². The van der Waals surface area contributed by atoms with Gasteiger partial charge < -0.3 is 9.47 Å². The number of methoxy groups -OCH3 is 2. The summed E-state index contributed by atoms with van der Waals surface area (Å²) in [5.74, 6) is 2.04. The molecule has 0 N–H and O–H groups in total. The van der Waals surface area contributed by atoms with E-state index in [0.29, 0.717) is 5.66 Å². The van der Waals surface area contributed by atoms with Crippen LogP contribution in [0.4, 0.5) is 0 Å². The second-order valence-electron chi connectivity index (χ2n) is 10.4. The largest absolute Gasteiger partial charge is 0.501 e. The summed E-state index contributed by atoms with van der Waals surface area (Å²) in [6, 6.07) is 50.7. The van der Waals surface area contributed by atoms with Crippen LogP contribution in [-0.2, 0) is 4.74 Å². The Kier molecular flexibility index (Phi) is 9.15. The maximum atomic E-state index is 6.28. The first kappa shape index (κ1) is 28.4. The summed E-state index contributed by atoms with van der Waals surface area (Å²) in [6.07, 6.45) is 4.40. The molecule has 0 saturated carbocycles. The van der Waals surface area contributed by atoms with Crippen molar-refractivity contribution < 1.29 is 9.47 Å². The average molecular weight is 587 g/mol. The smallest absolute Gasteiger partial charge is 0.123 e. The van der Waals surface area contributed by atoms with Gasteiger partial charge in [-0.1, -0.05) is 133 Å². The number of hydrogen-bond donors (Lipinski definition) is 0. The highest BCUT2D eigenvalue weighted by atomic mass is 31.1. The van der Waals surface area contributed by atoms with Gasteiger partial charge in [0.05, 0.1) is 25.9 Å². The van der Waals surface area contributed by atoms with Gasteiger partial charge in [0.2, 0.25) is 0 Å². The van der Waals surface area contributed by atoms with E-state index in [2.05, 4.69) is 146 Å². The van der Waals surface area contributed by atoms with Crippen molar-refractivity contribution in [2.75, 3.05) is 14.2 Å². The molecule has 0 saturated heterocycles. The average Bonchev–Trinajstić information content (AvgIpc) is 3.07. The fourth-order valence-electron chi connectivity index (χ4n) is 6.21. The third kappa shape index (κ3) is 5.80. The summed E-state index contributed by atoms with van der Waals surface area (Å²) in [4.78, 5) is 0. The minimum Gasteiger partial charge on any atom is -0.501 e. The molecule has 6 rings (SSSR count). The molecule has 1 unspecified atom stereocenters. The first-order valence-corrected chi connectivity index (χ1v) is 17.3. The summed E-state index contributed by atoms with van der Waals surface area (Å²) < 4.78 is 12.5. The highest BCUT2D eigenvalue weighted by molar-refractivity contribution is 7.80. The van der Waals surface area contributed by atoms with Gasteiger partial charge in [-0.3, -0.25) is 0 Å². The van der Waals surface area contributed by atoms with Crippen LogP contribution in [0.25, 0.3) is 0 Å². The lowest BCUT2D eigenvalue weighted by Gasteiger charge is -2.40. The zero-order valence-corrected chi connectivity index (χ0v) is 25.9. The Morgan fingerprint density at radius 1 is 0.548 bits per heavy atom. The Hall–Kier alpha value is -3.70. The summed E-state index contributed by atoms with van der Waals surface area (Å²) in [7, 11) is 2.11. The highest BCUT2D eigenvalue weighted by Crippen LogP contribution is 2.55. The van der Waals surface area contributed by atoms with Gasteiger partial charge in [0, 0.05) is 11.2 Å². The third-order valence-electron chi connectivity index (χ3n) is 7.98. The van der Waals surface area contributed by atoms with Crippen molar-refractivity contribution in [3.8, 4) is 5.75 Å². The van der Waals surface area contributed by atoms with Crippen molar-refractivity contribution in [2.24, 2.45) is 0 Å². The van der Waals surface area contributed by atoms with Crippen LogP contribution in [0.3, 0.4) is 0 Å². The molecule has 0 radical (unpaired) electrons. The molecule has 2 atom stereocenters. The third-order valence-corrected chi connectivity index (χ3v) is 13.4. The van der Waals surface area contributed by atoms with Crippen LogP contribution in [-0.4, -0.2) is 19.9 Å². The molecule has 0 heterocycles. The zero-order valence-electron chi connectivity index (χ0n) is 24.1. The Labute approximate surface area is 252 Å². The summed E-state index contributed by atoms with van der Waals surface area (Å²) in [5.41, 5.74) is 1.60. The highest BCUT2D eigenvalue weighted by Gasteiger charge is 2.41. The van der Waals surface area contributed by atoms with Crippen LogP contribution in [0.2, 0.25) is 0 Å². The van der Waals surface area contributed by atoms with Crippen molar-refractivity contribution in [2.45, 2.75) is 24.4 Å². The molecular weight excluding hydrogens is 550 g/mol. The van der Waals surface area contributed by atoms with Crippen molar-refractivity contribution in [1.29, 1.82) is 0 Å². The SMILES string of the molecule is COC1=CCC[C@@H](P(c2ccccc2)c2ccccc2)C1c1c(OC)cccc1P(c1ccccc1)c1ccccc1. The van der Waals surface area contributed by atoms with Crippen LogP contribution in [0.5, 0.6) is 5.75 Å². The maximum absolute atomic E-state index is 6.28.